The van der Waals surface area contributed by atoms with E-state index in [9.17, 15) is 30.0 Å². The van der Waals surface area contributed by atoms with Gasteiger partial charge < -0.3 is 11.1 Å². The highest BCUT2D eigenvalue weighted by Crippen LogP contribution is 2.19. The van der Waals surface area contributed by atoms with Crippen molar-refractivity contribution in [2.45, 2.75) is 17.3 Å². The number of anilines is 1. The summed E-state index contributed by atoms with van der Waals surface area (Å²) >= 11 is 0. The van der Waals surface area contributed by atoms with Gasteiger partial charge in [-0.25, -0.2) is 12.6 Å². The van der Waals surface area contributed by atoms with Crippen LogP contribution >= 0.6 is 0 Å². The zero-order chi connectivity index (χ0) is 20.3. The number of benzene rings is 1. The lowest BCUT2D eigenvalue weighted by molar-refractivity contribution is 0.0955. The van der Waals surface area contributed by atoms with Crippen molar-refractivity contribution in [3.63, 3.8) is 0 Å². The van der Waals surface area contributed by atoms with E-state index >= 15 is 0 Å². The molecular weight excluding hydrogens is 416 g/mol. The summed E-state index contributed by atoms with van der Waals surface area (Å²) in [4.78, 5) is 11.2. The Morgan fingerprint density at radius 2 is 1.77 bits per heavy atom. The standard InChI is InChI=1S/C11H16N2O10S3/c1-7(23-26(20,21)22)24(15,16)5-4-13-11(14)8-2-3-9(12)10(6-8)25(17,18)19/h2-3,6-7H,4-5,12H2,1H3,(H,13,14)(H,17,18,19)(H,20,21,22). The normalized spacial score (nSPS) is 14.0. The number of sulfone groups is 1. The lowest BCUT2D eigenvalue weighted by Gasteiger charge is -2.12. The third-order valence-corrected chi connectivity index (χ3v) is 6.43. The van der Waals surface area contributed by atoms with Gasteiger partial charge in [0, 0.05) is 12.1 Å². The maximum Gasteiger partial charge on any atom is 0.398 e. The van der Waals surface area contributed by atoms with Gasteiger partial charge in [0.15, 0.2) is 15.3 Å². The molecule has 0 saturated carbocycles. The SMILES string of the molecule is CC(OS(=O)(=O)O)S(=O)(=O)CCNC(=O)c1ccc(N)c(S(=O)(=O)O)c1. The van der Waals surface area contributed by atoms with E-state index in [0.717, 1.165) is 25.1 Å². The first-order valence-corrected chi connectivity index (χ1v) is 11.2. The Morgan fingerprint density at radius 3 is 2.27 bits per heavy atom. The molecule has 0 fully saturated rings. The molecule has 0 saturated heterocycles. The fourth-order valence-electron chi connectivity index (χ4n) is 1.70. The zero-order valence-corrected chi connectivity index (χ0v) is 15.6. The molecule has 1 unspecified atom stereocenters. The van der Waals surface area contributed by atoms with Crippen LogP contribution in [0.1, 0.15) is 17.3 Å². The molecule has 0 bridgehead atoms. The van der Waals surface area contributed by atoms with E-state index in [1.165, 1.54) is 0 Å². The van der Waals surface area contributed by atoms with Crippen molar-refractivity contribution < 1.29 is 43.3 Å². The predicted molar refractivity (Wildman–Crippen MR) is 88.9 cm³/mol. The average Bonchev–Trinajstić information content (AvgIpc) is 2.44. The fraction of sp³-hybridized carbons (Fsp3) is 0.364. The molecule has 0 heterocycles. The lowest BCUT2D eigenvalue weighted by Crippen LogP contribution is -2.34. The van der Waals surface area contributed by atoms with Gasteiger partial charge >= 0.3 is 10.4 Å². The van der Waals surface area contributed by atoms with Gasteiger partial charge in [0.2, 0.25) is 0 Å². The molecule has 0 radical (unpaired) electrons. The number of rotatable bonds is 8. The van der Waals surface area contributed by atoms with Crippen molar-refractivity contribution in [1.82, 2.24) is 5.32 Å². The Kier molecular flexibility index (Phi) is 6.72. The smallest absolute Gasteiger partial charge is 0.398 e. The summed E-state index contributed by atoms with van der Waals surface area (Å²) in [6.07, 6.45) is 0. The Hall–Kier alpha value is -1.78. The van der Waals surface area contributed by atoms with Crippen LogP contribution in [0.3, 0.4) is 0 Å². The van der Waals surface area contributed by atoms with Crippen molar-refractivity contribution in [1.29, 1.82) is 0 Å². The van der Waals surface area contributed by atoms with Crippen LogP contribution in [-0.4, -0.2) is 58.0 Å². The summed E-state index contributed by atoms with van der Waals surface area (Å²) in [5, 5.41) is 2.17. The number of carbonyl (C=O) groups is 1. The van der Waals surface area contributed by atoms with Crippen LogP contribution in [-0.2, 0) is 34.5 Å². The number of hydrogen-bond donors (Lipinski definition) is 4. The molecule has 148 valence electrons. The summed E-state index contributed by atoms with van der Waals surface area (Å²) in [5.41, 5.74) is 3.00. The summed E-state index contributed by atoms with van der Waals surface area (Å²) in [6, 6.07) is 3.02. The molecule has 0 spiro atoms. The van der Waals surface area contributed by atoms with Gasteiger partial charge in [-0.3, -0.25) is 13.9 Å². The van der Waals surface area contributed by atoms with Gasteiger partial charge in [0.1, 0.15) is 4.90 Å². The fourth-order valence-corrected chi connectivity index (χ4v) is 4.18. The number of carbonyl (C=O) groups excluding carboxylic acids is 1. The van der Waals surface area contributed by atoms with Crippen molar-refractivity contribution in [2.75, 3.05) is 18.0 Å². The second-order valence-corrected chi connectivity index (χ2v) is 9.78. The Balaban J connectivity index is 2.79. The van der Waals surface area contributed by atoms with Crippen LogP contribution in [0.15, 0.2) is 23.1 Å². The predicted octanol–water partition coefficient (Wildman–Crippen LogP) is -1.17. The molecule has 26 heavy (non-hydrogen) atoms. The maximum atomic E-state index is 11.9. The molecule has 0 aliphatic carbocycles. The van der Waals surface area contributed by atoms with Gasteiger partial charge in [-0.2, -0.15) is 16.8 Å². The van der Waals surface area contributed by atoms with Gasteiger partial charge in [-0.1, -0.05) is 0 Å². The summed E-state index contributed by atoms with van der Waals surface area (Å²) < 4.78 is 88.3. The number of hydrogen-bond acceptors (Lipinski definition) is 9. The molecule has 1 aromatic rings. The highest BCUT2D eigenvalue weighted by molar-refractivity contribution is 7.92. The zero-order valence-electron chi connectivity index (χ0n) is 13.2. The topological polar surface area (TPSA) is 207 Å². The van der Waals surface area contributed by atoms with Crippen LogP contribution in [0.2, 0.25) is 0 Å². The van der Waals surface area contributed by atoms with E-state index in [-0.39, 0.29) is 11.3 Å². The maximum absolute atomic E-state index is 11.9. The van der Waals surface area contributed by atoms with E-state index in [1.54, 1.807) is 0 Å². The van der Waals surface area contributed by atoms with E-state index in [0.29, 0.717) is 0 Å². The van der Waals surface area contributed by atoms with Crippen molar-refractivity contribution >= 4 is 41.9 Å². The van der Waals surface area contributed by atoms with Crippen LogP contribution in [0.25, 0.3) is 0 Å². The van der Waals surface area contributed by atoms with E-state index < -0.39 is 58.9 Å². The monoisotopic (exact) mass is 432 g/mol. The second-order valence-electron chi connectivity index (χ2n) is 4.94. The first-order chi connectivity index (χ1) is 11.6. The summed E-state index contributed by atoms with van der Waals surface area (Å²) in [6.45, 7) is 0.412. The van der Waals surface area contributed by atoms with Crippen molar-refractivity contribution in [3.8, 4) is 0 Å². The molecule has 5 N–H and O–H groups in total. The van der Waals surface area contributed by atoms with Gasteiger partial charge in [-0.15, -0.1) is 0 Å². The van der Waals surface area contributed by atoms with Crippen LogP contribution in [0, 0.1) is 0 Å². The lowest BCUT2D eigenvalue weighted by atomic mass is 10.2. The Labute approximate surface area is 150 Å². The molecule has 1 aromatic carbocycles. The van der Waals surface area contributed by atoms with Gasteiger partial charge in [-0.05, 0) is 25.1 Å². The second kappa shape index (κ2) is 7.85. The van der Waals surface area contributed by atoms with Crippen molar-refractivity contribution in [2.24, 2.45) is 0 Å². The first kappa shape index (κ1) is 22.3. The molecule has 1 amide bonds. The first-order valence-electron chi connectivity index (χ1n) is 6.66. The number of amides is 1. The third-order valence-electron chi connectivity index (χ3n) is 2.99. The van der Waals surface area contributed by atoms with Gasteiger partial charge in [0.05, 0.1) is 11.4 Å². The van der Waals surface area contributed by atoms with E-state index in [1.807, 2.05) is 0 Å². The van der Waals surface area contributed by atoms with Crippen LogP contribution < -0.4 is 11.1 Å². The largest absolute Gasteiger partial charge is 0.398 e. The minimum Gasteiger partial charge on any atom is -0.398 e. The molecule has 12 nitrogen and oxygen atoms in total. The minimum atomic E-state index is -4.97. The minimum absolute atomic E-state index is 0.216. The number of nitrogens with two attached hydrogens (primary N) is 1. The highest BCUT2D eigenvalue weighted by Gasteiger charge is 2.26. The van der Waals surface area contributed by atoms with E-state index in [4.69, 9.17) is 14.8 Å². The summed E-state index contributed by atoms with van der Waals surface area (Å²) in [7, 11) is -13.8. The van der Waals surface area contributed by atoms with E-state index in [2.05, 4.69) is 9.50 Å². The average molecular weight is 432 g/mol. The molecule has 0 aliphatic heterocycles. The Bertz CT molecular complexity index is 999. The number of nitrogens with one attached hydrogen (secondary N) is 1. The van der Waals surface area contributed by atoms with Gasteiger partial charge in [0.25, 0.3) is 16.0 Å². The molecule has 0 aromatic heterocycles. The van der Waals surface area contributed by atoms with Crippen molar-refractivity contribution in [3.05, 3.63) is 23.8 Å². The number of nitrogen functional groups attached to an aromatic ring is 1. The van der Waals surface area contributed by atoms with Crippen LogP contribution in [0.4, 0.5) is 5.69 Å². The molecular formula is C11H16N2O10S3. The Morgan fingerprint density at radius 1 is 1.19 bits per heavy atom. The van der Waals surface area contributed by atoms with Crippen LogP contribution in [0.5, 0.6) is 0 Å². The molecule has 15 heteroatoms. The molecule has 1 atom stereocenters. The summed E-state index contributed by atoms with van der Waals surface area (Å²) in [5.74, 6) is -1.59. The third kappa shape index (κ3) is 6.50. The molecule has 1 rings (SSSR count). The quantitative estimate of drug-likeness (QED) is 0.284. The highest BCUT2D eigenvalue weighted by atomic mass is 32.3. The molecule has 0 aliphatic rings.